The fourth-order valence-corrected chi connectivity index (χ4v) is 3.87. The third-order valence-corrected chi connectivity index (χ3v) is 5.48. The lowest BCUT2D eigenvalue weighted by atomic mass is 10.2. The van der Waals surface area contributed by atoms with Crippen LogP contribution in [0, 0.1) is 0 Å². The quantitative estimate of drug-likeness (QED) is 0.733. The molecule has 0 spiro atoms. The van der Waals surface area contributed by atoms with E-state index in [4.69, 9.17) is 9.72 Å². The second-order valence-electron chi connectivity index (χ2n) is 6.05. The van der Waals surface area contributed by atoms with Crippen molar-refractivity contribution in [1.82, 2.24) is 14.9 Å². The van der Waals surface area contributed by atoms with Crippen molar-refractivity contribution >= 4 is 27.4 Å². The highest BCUT2D eigenvalue weighted by Crippen LogP contribution is 2.32. The Kier molecular flexibility index (Phi) is 4.08. The van der Waals surface area contributed by atoms with Crippen LogP contribution in [0.5, 0.6) is 5.75 Å². The molecule has 0 aliphatic carbocycles. The van der Waals surface area contributed by atoms with Crippen LogP contribution in [-0.4, -0.2) is 55.2 Å². The van der Waals surface area contributed by atoms with E-state index in [1.807, 2.05) is 24.4 Å². The number of methoxy groups -OCH3 is 1. The lowest BCUT2D eigenvalue weighted by Gasteiger charge is -2.33. The smallest absolute Gasteiger partial charge is 0.128 e. The predicted molar refractivity (Wildman–Crippen MR) is 99.1 cm³/mol. The first kappa shape index (κ1) is 15.4. The molecule has 0 unspecified atom stereocenters. The van der Waals surface area contributed by atoms with E-state index in [-0.39, 0.29) is 0 Å². The predicted octanol–water partition coefficient (Wildman–Crippen LogP) is 3.12. The number of benzene rings is 1. The highest BCUT2D eigenvalue weighted by atomic mass is 32.1. The van der Waals surface area contributed by atoms with Crippen LogP contribution >= 0.6 is 11.3 Å². The van der Waals surface area contributed by atoms with Gasteiger partial charge in [-0.05, 0) is 37.4 Å². The molecule has 24 heavy (non-hydrogen) atoms. The summed E-state index contributed by atoms with van der Waals surface area (Å²) < 4.78 is 6.42. The summed E-state index contributed by atoms with van der Waals surface area (Å²) in [7, 11) is 3.85. The molecule has 0 atom stereocenters. The van der Waals surface area contributed by atoms with Gasteiger partial charge in [-0.15, -0.1) is 11.3 Å². The summed E-state index contributed by atoms with van der Waals surface area (Å²) in [5.74, 6) is 1.91. The second kappa shape index (κ2) is 6.37. The summed E-state index contributed by atoms with van der Waals surface area (Å²) in [5.41, 5.74) is 2.06. The number of likely N-dealkylation sites (N-methyl/N-ethyl adjacent to an activating group) is 1. The van der Waals surface area contributed by atoms with E-state index in [1.54, 1.807) is 18.4 Å². The van der Waals surface area contributed by atoms with Gasteiger partial charge >= 0.3 is 0 Å². The van der Waals surface area contributed by atoms with Gasteiger partial charge in [0.1, 0.15) is 16.6 Å². The maximum Gasteiger partial charge on any atom is 0.128 e. The topological polar surface area (TPSA) is 41.5 Å². The number of ether oxygens (including phenoxy) is 1. The molecular formula is C18H20N4OS. The number of piperazine rings is 1. The molecule has 3 heterocycles. The minimum atomic E-state index is 0.862. The van der Waals surface area contributed by atoms with E-state index >= 15 is 0 Å². The van der Waals surface area contributed by atoms with Crippen molar-refractivity contribution in [3.05, 3.63) is 36.5 Å². The zero-order valence-electron chi connectivity index (χ0n) is 13.9. The van der Waals surface area contributed by atoms with E-state index in [1.165, 1.54) is 0 Å². The molecule has 0 N–H and O–H groups in total. The van der Waals surface area contributed by atoms with Gasteiger partial charge in [0.15, 0.2) is 0 Å². The van der Waals surface area contributed by atoms with Gasteiger partial charge < -0.3 is 14.5 Å². The van der Waals surface area contributed by atoms with Crippen LogP contribution in [-0.2, 0) is 0 Å². The first-order valence-electron chi connectivity index (χ1n) is 8.07. The molecule has 1 fully saturated rings. The van der Waals surface area contributed by atoms with Gasteiger partial charge in [0.05, 0.1) is 17.3 Å². The Morgan fingerprint density at radius 3 is 2.62 bits per heavy atom. The van der Waals surface area contributed by atoms with Crippen LogP contribution in [0.4, 0.5) is 5.82 Å². The van der Waals surface area contributed by atoms with E-state index < -0.39 is 0 Å². The second-order valence-corrected chi connectivity index (χ2v) is 7.08. The first-order valence-corrected chi connectivity index (χ1v) is 8.89. The first-order chi connectivity index (χ1) is 11.7. The van der Waals surface area contributed by atoms with Crippen molar-refractivity contribution < 1.29 is 4.74 Å². The zero-order valence-corrected chi connectivity index (χ0v) is 14.7. The highest BCUT2D eigenvalue weighted by molar-refractivity contribution is 7.21. The number of hydrogen-bond donors (Lipinski definition) is 0. The fourth-order valence-electron chi connectivity index (χ4n) is 2.89. The van der Waals surface area contributed by atoms with E-state index in [9.17, 15) is 0 Å². The maximum absolute atomic E-state index is 5.29. The molecule has 2 aromatic heterocycles. The van der Waals surface area contributed by atoms with Crippen molar-refractivity contribution in [2.45, 2.75) is 0 Å². The number of thiazole rings is 1. The van der Waals surface area contributed by atoms with Crippen molar-refractivity contribution in [2.24, 2.45) is 0 Å². The summed E-state index contributed by atoms with van der Waals surface area (Å²) in [4.78, 5) is 14.1. The molecular weight excluding hydrogens is 320 g/mol. The van der Waals surface area contributed by atoms with Gasteiger partial charge in [-0.3, -0.25) is 0 Å². The molecule has 124 valence electrons. The van der Waals surface area contributed by atoms with Crippen molar-refractivity contribution in [1.29, 1.82) is 0 Å². The Morgan fingerprint density at radius 2 is 1.92 bits per heavy atom. The Balaban J connectivity index is 1.58. The van der Waals surface area contributed by atoms with Gasteiger partial charge in [0.2, 0.25) is 0 Å². The van der Waals surface area contributed by atoms with Crippen LogP contribution in [0.1, 0.15) is 0 Å². The molecule has 6 heteroatoms. The number of nitrogens with zero attached hydrogens (tertiary/aromatic N) is 4. The van der Waals surface area contributed by atoms with Gasteiger partial charge in [0.25, 0.3) is 0 Å². The minimum absolute atomic E-state index is 0.862. The maximum atomic E-state index is 5.29. The average molecular weight is 340 g/mol. The number of rotatable bonds is 3. The van der Waals surface area contributed by atoms with Crippen LogP contribution in [0.3, 0.4) is 0 Å². The normalized spacial score (nSPS) is 15.8. The largest absolute Gasteiger partial charge is 0.497 e. The standard InChI is InChI=1S/C18H20N4OS/c1-21-7-9-22(10-8-21)17-6-3-13(12-19-17)18-20-15-5-4-14(23-2)11-16(15)24-18/h3-6,11-12H,7-10H2,1-2H3. The lowest BCUT2D eigenvalue weighted by Crippen LogP contribution is -2.44. The molecule has 0 bridgehead atoms. The Bertz CT molecular complexity index is 838. The van der Waals surface area contributed by atoms with Crippen molar-refractivity contribution in [2.75, 3.05) is 45.2 Å². The van der Waals surface area contributed by atoms with Gasteiger partial charge in [0, 0.05) is 37.9 Å². The van der Waals surface area contributed by atoms with E-state index in [0.717, 1.165) is 58.5 Å². The van der Waals surface area contributed by atoms with Crippen molar-refractivity contribution in [3.8, 4) is 16.3 Å². The third-order valence-electron chi connectivity index (χ3n) is 4.42. The molecule has 1 aliphatic heterocycles. The van der Waals surface area contributed by atoms with E-state index in [0.29, 0.717) is 0 Å². The highest BCUT2D eigenvalue weighted by Gasteiger charge is 2.15. The minimum Gasteiger partial charge on any atom is -0.497 e. The van der Waals surface area contributed by atoms with Gasteiger partial charge in [-0.1, -0.05) is 0 Å². The van der Waals surface area contributed by atoms with Crippen LogP contribution in [0.2, 0.25) is 0 Å². The van der Waals surface area contributed by atoms with Gasteiger partial charge in [-0.25, -0.2) is 9.97 Å². The van der Waals surface area contributed by atoms with E-state index in [2.05, 4.69) is 34.0 Å². The number of anilines is 1. The number of pyridine rings is 1. The Morgan fingerprint density at radius 1 is 1.08 bits per heavy atom. The third kappa shape index (κ3) is 2.95. The summed E-state index contributed by atoms with van der Waals surface area (Å²) in [6, 6.07) is 10.2. The molecule has 4 rings (SSSR count). The molecule has 1 aliphatic rings. The Labute approximate surface area is 145 Å². The zero-order chi connectivity index (χ0) is 16.5. The molecule has 0 saturated carbocycles. The molecule has 5 nitrogen and oxygen atoms in total. The number of hydrogen-bond acceptors (Lipinski definition) is 6. The summed E-state index contributed by atoms with van der Waals surface area (Å²) in [6.45, 7) is 4.24. The van der Waals surface area contributed by atoms with Crippen LogP contribution < -0.4 is 9.64 Å². The molecule has 0 amide bonds. The van der Waals surface area contributed by atoms with Crippen LogP contribution in [0.25, 0.3) is 20.8 Å². The molecule has 1 saturated heterocycles. The monoisotopic (exact) mass is 340 g/mol. The fraction of sp³-hybridized carbons (Fsp3) is 0.333. The van der Waals surface area contributed by atoms with Gasteiger partial charge in [-0.2, -0.15) is 0 Å². The molecule has 0 radical (unpaired) electrons. The van der Waals surface area contributed by atoms with Crippen molar-refractivity contribution in [3.63, 3.8) is 0 Å². The summed E-state index contributed by atoms with van der Waals surface area (Å²) in [5, 5.41) is 0.996. The number of aromatic nitrogens is 2. The average Bonchev–Trinajstić information content (AvgIpc) is 3.05. The lowest BCUT2D eigenvalue weighted by molar-refractivity contribution is 0.312. The van der Waals surface area contributed by atoms with Crippen LogP contribution in [0.15, 0.2) is 36.5 Å². The summed E-state index contributed by atoms with van der Waals surface area (Å²) >= 11 is 1.67. The summed E-state index contributed by atoms with van der Waals surface area (Å²) in [6.07, 6.45) is 1.93. The Hall–Kier alpha value is -2.18. The number of fused-ring (bicyclic) bond motifs is 1. The SMILES string of the molecule is COc1ccc2nc(-c3ccc(N4CCN(C)CC4)nc3)sc2c1. The molecule has 1 aromatic carbocycles. The molecule has 3 aromatic rings.